The molecule has 3 fully saturated rings. The Morgan fingerprint density at radius 2 is 1.38 bits per heavy atom. The fourth-order valence-electron chi connectivity index (χ4n) is 8.33. The molecule has 0 atom stereocenters. The first-order valence-corrected chi connectivity index (χ1v) is 18.6. The van der Waals surface area contributed by atoms with Crippen molar-refractivity contribution in [1.29, 1.82) is 0 Å². The van der Waals surface area contributed by atoms with Crippen molar-refractivity contribution in [1.82, 2.24) is 0 Å². The van der Waals surface area contributed by atoms with Crippen molar-refractivity contribution in [2.75, 3.05) is 0 Å². The molecule has 0 radical (unpaired) electrons. The van der Waals surface area contributed by atoms with Crippen LogP contribution in [0.5, 0.6) is 0 Å². The van der Waals surface area contributed by atoms with Gasteiger partial charge in [-0.15, -0.1) is 0 Å². The number of benzene rings is 2. The minimum Gasteiger partial charge on any atom is -0.200 e. The van der Waals surface area contributed by atoms with Crippen molar-refractivity contribution in [3.8, 4) is 11.3 Å². The summed E-state index contributed by atoms with van der Waals surface area (Å²) in [4.78, 5) is 0. The van der Waals surface area contributed by atoms with Crippen LogP contribution in [0.1, 0.15) is 112 Å². The molecule has 2 aromatic carbocycles. The zero-order valence-corrected chi connectivity index (χ0v) is 24.9. The molecule has 0 bridgehead atoms. The molecule has 3 aliphatic rings. The second kappa shape index (κ2) is 10.3. The van der Waals surface area contributed by atoms with Gasteiger partial charge in [0.1, 0.15) is 7.05 Å². The molecule has 0 spiro atoms. The Balaban J connectivity index is 1.48. The Morgan fingerprint density at radius 3 is 2.08 bits per heavy atom. The topological polar surface area (TPSA) is 3.88 Å². The van der Waals surface area contributed by atoms with Crippen molar-refractivity contribution in [2.45, 2.75) is 121 Å². The van der Waals surface area contributed by atoms with Crippen molar-refractivity contribution in [3.63, 3.8) is 0 Å². The Kier molecular flexibility index (Phi) is 7.07. The summed E-state index contributed by atoms with van der Waals surface area (Å²) >= 11 is 0. The van der Waals surface area contributed by atoms with E-state index in [4.69, 9.17) is 0 Å². The number of fused-ring (bicyclic) bond motifs is 1. The van der Waals surface area contributed by atoms with Gasteiger partial charge in [0.25, 0.3) is 0 Å². The quantitative estimate of drug-likeness (QED) is 0.238. The molecule has 3 aliphatic carbocycles. The van der Waals surface area contributed by atoms with Gasteiger partial charge in [-0.05, 0) is 84.2 Å². The third-order valence-corrected chi connectivity index (χ3v) is 15.3. The number of aryl methyl sites for hydroxylation is 1. The maximum Gasteiger partial charge on any atom is 0.220 e. The molecule has 1 heterocycles. The summed E-state index contributed by atoms with van der Waals surface area (Å²) in [6, 6.07) is 15.2. The number of nitrogens with zero attached hydrogens (tertiary/aromatic N) is 1. The first-order valence-electron chi connectivity index (χ1n) is 15.5. The summed E-state index contributed by atoms with van der Waals surface area (Å²) in [5, 5.41) is 4.54. The molecule has 2 heteroatoms. The molecule has 0 saturated heterocycles. The van der Waals surface area contributed by atoms with Gasteiger partial charge in [-0.2, -0.15) is 0 Å². The van der Waals surface area contributed by atoms with Gasteiger partial charge in [0.05, 0.1) is 19.0 Å². The smallest absolute Gasteiger partial charge is 0.200 e. The Morgan fingerprint density at radius 1 is 0.730 bits per heavy atom. The molecule has 0 aliphatic heterocycles. The van der Waals surface area contributed by atoms with Gasteiger partial charge in [0.15, 0.2) is 6.20 Å². The molecule has 3 saturated carbocycles. The monoisotopic (exact) mass is 510 g/mol. The fourth-order valence-corrected chi connectivity index (χ4v) is 11.7. The highest BCUT2D eigenvalue weighted by molar-refractivity contribution is 6.91. The van der Waals surface area contributed by atoms with E-state index in [1.165, 1.54) is 111 Å². The molecule has 1 aromatic heterocycles. The van der Waals surface area contributed by atoms with Gasteiger partial charge < -0.3 is 0 Å². The third kappa shape index (κ3) is 4.73. The van der Waals surface area contributed by atoms with Crippen LogP contribution < -0.4 is 9.75 Å². The highest BCUT2D eigenvalue weighted by Crippen LogP contribution is 2.44. The molecular formula is C35H48NSi+. The van der Waals surface area contributed by atoms with Crippen LogP contribution >= 0.6 is 0 Å². The fraction of sp³-hybridized carbons (Fsp3) is 0.571. The first kappa shape index (κ1) is 25.4. The molecule has 6 rings (SSSR count). The summed E-state index contributed by atoms with van der Waals surface area (Å²) < 4.78 is 2.41. The Bertz CT molecular complexity index is 1270. The summed E-state index contributed by atoms with van der Waals surface area (Å²) in [5.74, 6) is 1.52. The molecule has 3 aromatic rings. The van der Waals surface area contributed by atoms with Crippen LogP contribution in [-0.2, 0) is 7.05 Å². The van der Waals surface area contributed by atoms with E-state index >= 15 is 0 Å². The predicted octanol–water partition coefficient (Wildman–Crippen LogP) is 9.20. The molecule has 37 heavy (non-hydrogen) atoms. The van der Waals surface area contributed by atoms with Crippen LogP contribution in [0, 0.1) is 6.92 Å². The zero-order valence-electron chi connectivity index (χ0n) is 23.9. The third-order valence-electron chi connectivity index (χ3n) is 10.9. The second-order valence-electron chi connectivity index (χ2n) is 13.4. The van der Waals surface area contributed by atoms with Crippen LogP contribution in [0.15, 0.2) is 42.6 Å². The zero-order chi connectivity index (χ0) is 25.6. The lowest BCUT2D eigenvalue weighted by Crippen LogP contribution is -2.46. The van der Waals surface area contributed by atoms with E-state index in [0.29, 0.717) is 0 Å². The van der Waals surface area contributed by atoms with E-state index in [0.717, 1.165) is 17.4 Å². The van der Waals surface area contributed by atoms with Gasteiger partial charge in [0, 0.05) is 6.07 Å². The highest BCUT2D eigenvalue weighted by atomic mass is 28.3. The van der Waals surface area contributed by atoms with Gasteiger partial charge in [-0.25, -0.2) is 4.57 Å². The van der Waals surface area contributed by atoms with Crippen molar-refractivity contribution in [2.24, 2.45) is 7.05 Å². The largest absolute Gasteiger partial charge is 0.220 e. The molecule has 196 valence electrons. The number of hydrogen-bond donors (Lipinski definition) is 0. The van der Waals surface area contributed by atoms with Gasteiger partial charge in [0.2, 0.25) is 5.69 Å². The average Bonchev–Trinajstić information content (AvgIpc) is 3.65. The van der Waals surface area contributed by atoms with Crippen LogP contribution in [0.25, 0.3) is 22.0 Å². The molecule has 0 N–H and O–H groups in total. The minimum atomic E-state index is -1.48. The number of pyridine rings is 1. The molecule has 0 unspecified atom stereocenters. The Hall–Kier alpha value is -1.93. The summed E-state index contributed by atoms with van der Waals surface area (Å²) in [7, 11) is 0.787. The van der Waals surface area contributed by atoms with Crippen LogP contribution in [-0.4, -0.2) is 8.07 Å². The van der Waals surface area contributed by atoms with E-state index in [2.05, 4.69) is 74.2 Å². The average molecular weight is 511 g/mol. The lowest BCUT2D eigenvalue weighted by molar-refractivity contribution is -0.659. The SMILES string of the molecule is Cc1c(-c2c3ccc([Si](C)(C)C4CCCCC4)cc3cc[n+]2C)cc(C2CCCC2)cc1C1CCCC1. The Labute approximate surface area is 226 Å². The summed E-state index contributed by atoms with van der Waals surface area (Å²) in [5.41, 5.74) is 8.69. The maximum atomic E-state index is 2.65. The molecule has 1 nitrogen and oxygen atoms in total. The predicted molar refractivity (Wildman–Crippen MR) is 162 cm³/mol. The first-order chi connectivity index (χ1) is 17.9. The standard InChI is InChI=1S/C35H48NSi/c1-25-33(27-14-10-11-15-27)23-29(26-12-8-9-13-26)24-34(25)35-32-19-18-31(22-28(32)20-21-36(35)2)37(3,4)30-16-6-5-7-17-30/h18-24,26-27,30H,5-17H2,1-4H3/q+1. The van der Waals surface area contributed by atoms with Gasteiger partial charge >= 0.3 is 0 Å². The number of rotatable bonds is 5. The highest BCUT2D eigenvalue weighted by Gasteiger charge is 2.35. The van der Waals surface area contributed by atoms with E-state index < -0.39 is 8.07 Å². The normalized spacial score (nSPS) is 20.3. The van der Waals surface area contributed by atoms with E-state index in [1.54, 1.807) is 16.3 Å². The lowest BCUT2D eigenvalue weighted by atomic mass is 9.84. The lowest BCUT2D eigenvalue weighted by Gasteiger charge is -2.36. The van der Waals surface area contributed by atoms with Crippen molar-refractivity contribution >= 4 is 24.0 Å². The van der Waals surface area contributed by atoms with Crippen molar-refractivity contribution in [3.05, 3.63) is 59.3 Å². The van der Waals surface area contributed by atoms with Gasteiger partial charge in [-0.3, -0.25) is 0 Å². The van der Waals surface area contributed by atoms with E-state index in [9.17, 15) is 0 Å². The van der Waals surface area contributed by atoms with E-state index in [1.807, 2.05) is 0 Å². The second-order valence-corrected chi connectivity index (χ2v) is 18.2. The van der Waals surface area contributed by atoms with Crippen LogP contribution in [0.4, 0.5) is 0 Å². The summed E-state index contributed by atoms with van der Waals surface area (Å²) in [6.07, 6.45) is 20.6. The van der Waals surface area contributed by atoms with E-state index in [-0.39, 0.29) is 0 Å². The van der Waals surface area contributed by atoms with Crippen LogP contribution in [0.2, 0.25) is 18.6 Å². The maximum absolute atomic E-state index is 2.65. The van der Waals surface area contributed by atoms with Crippen LogP contribution in [0.3, 0.4) is 0 Å². The number of aromatic nitrogens is 1. The summed E-state index contributed by atoms with van der Waals surface area (Å²) in [6.45, 7) is 7.70. The van der Waals surface area contributed by atoms with Gasteiger partial charge in [-0.1, -0.05) is 94.3 Å². The minimum absolute atomic E-state index is 0.758. The molecule has 0 amide bonds. The molecular weight excluding hydrogens is 462 g/mol. The van der Waals surface area contributed by atoms with Crippen molar-refractivity contribution < 1.29 is 4.57 Å². The number of hydrogen-bond acceptors (Lipinski definition) is 0.